The van der Waals surface area contributed by atoms with E-state index in [9.17, 15) is 9.59 Å². The van der Waals surface area contributed by atoms with Crippen LogP contribution in [0.3, 0.4) is 0 Å². The highest BCUT2D eigenvalue weighted by Crippen LogP contribution is 2.26. The molecule has 28 heavy (non-hydrogen) atoms. The van der Waals surface area contributed by atoms with Crippen LogP contribution in [-0.4, -0.2) is 42.7 Å². The molecule has 2 fully saturated rings. The molecule has 0 spiro atoms. The van der Waals surface area contributed by atoms with Crippen LogP contribution in [0.4, 0.5) is 5.69 Å². The first-order valence-corrected chi connectivity index (χ1v) is 11.7. The molecule has 0 radical (unpaired) electrons. The lowest BCUT2D eigenvalue weighted by molar-refractivity contribution is -0.957. The molecular formula is C22H34N3O2S+. The SMILES string of the molecule is CC(=O)Nc1ccc(SCC(=O)NCC2([NH+]3CCCCC3)CCCCC2)cc1. The molecule has 1 saturated heterocycles. The number of thioether (sulfide) groups is 1. The van der Waals surface area contributed by atoms with Crippen molar-refractivity contribution in [3.63, 3.8) is 0 Å². The lowest BCUT2D eigenvalue weighted by Crippen LogP contribution is -3.22. The number of hydrogen-bond acceptors (Lipinski definition) is 3. The van der Waals surface area contributed by atoms with E-state index in [4.69, 9.17) is 0 Å². The van der Waals surface area contributed by atoms with Crippen LogP contribution in [0.5, 0.6) is 0 Å². The van der Waals surface area contributed by atoms with Crippen molar-refractivity contribution in [1.29, 1.82) is 0 Å². The molecule has 1 aliphatic heterocycles. The summed E-state index contributed by atoms with van der Waals surface area (Å²) in [6.45, 7) is 4.86. The molecule has 3 N–H and O–H groups in total. The van der Waals surface area contributed by atoms with E-state index in [0.717, 1.165) is 17.1 Å². The molecule has 1 saturated carbocycles. The Balaban J connectivity index is 1.48. The van der Waals surface area contributed by atoms with Gasteiger partial charge in [0.25, 0.3) is 0 Å². The van der Waals surface area contributed by atoms with Gasteiger partial charge in [-0.2, -0.15) is 0 Å². The van der Waals surface area contributed by atoms with E-state index in [1.54, 1.807) is 16.7 Å². The summed E-state index contributed by atoms with van der Waals surface area (Å²) in [5.74, 6) is 0.481. The molecule has 0 bridgehead atoms. The number of nitrogens with one attached hydrogen (secondary N) is 3. The molecule has 154 valence electrons. The first-order chi connectivity index (χ1) is 13.6. The second-order valence-corrected chi connectivity index (χ2v) is 9.32. The Morgan fingerprint density at radius 3 is 2.29 bits per heavy atom. The molecule has 0 aromatic heterocycles. The minimum atomic E-state index is -0.0766. The quantitative estimate of drug-likeness (QED) is 0.612. The van der Waals surface area contributed by atoms with Crippen molar-refractivity contribution >= 4 is 29.3 Å². The number of hydrogen-bond donors (Lipinski definition) is 3. The topological polar surface area (TPSA) is 62.6 Å². The minimum absolute atomic E-state index is 0.0766. The molecule has 1 aromatic carbocycles. The summed E-state index contributed by atoms with van der Waals surface area (Å²) >= 11 is 1.55. The summed E-state index contributed by atoms with van der Waals surface area (Å²) in [7, 11) is 0. The van der Waals surface area contributed by atoms with E-state index >= 15 is 0 Å². The summed E-state index contributed by atoms with van der Waals surface area (Å²) < 4.78 is 0. The van der Waals surface area contributed by atoms with Crippen molar-refractivity contribution in [2.75, 3.05) is 30.7 Å². The monoisotopic (exact) mass is 404 g/mol. The molecule has 1 aromatic rings. The number of amides is 2. The number of likely N-dealkylation sites (tertiary alicyclic amines) is 1. The van der Waals surface area contributed by atoms with Gasteiger partial charge in [-0.1, -0.05) is 6.42 Å². The van der Waals surface area contributed by atoms with Gasteiger partial charge < -0.3 is 15.5 Å². The molecule has 1 aliphatic carbocycles. The van der Waals surface area contributed by atoms with E-state index in [2.05, 4.69) is 10.6 Å². The molecule has 1 heterocycles. The molecule has 0 atom stereocenters. The lowest BCUT2D eigenvalue weighted by Gasteiger charge is -2.45. The van der Waals surface area contributed by atoms with Crippen LogP contribution < -0.4 is 15.5 Å². The fourth-order valence-corrected chi connectivity index (χ4v) is 5.43. The Morgan fingerprint density at radius 1 is 1.00 bits per heavy atom. The lowest BCUT2D eigenvalue weighted by atomic mass is 9.79. The Morgan fingerprint density at radius 2 is 1.64 bits per heavy atom. The van der Waals surface area contributed by atoms with Crippen LogP contribution in [0.2, 0.25) is 0 Å². The molecule has 6 heteroatoms. The largest absolute Gasteiger partial charge is 0.349 e. The van der Waals surface area contributed by atoms with Gasteiger partial charge in [-0.05, 0) is 56.4 Å². The maximum absolute atomic E-state index is 12.5. The summed E-state index contributed by atoms with van der Waals surface area (Å²) in [6.07, 6.45) is 10.5. The van der Waals surface area contributed by atoms with E-state index in [1.165, 1.54) is 71.4 Å². The van der Waals surface area contributed by atoms with Crippen molar-refractivity contribution in [2.45, 2.75) is 68.7 Å². The number of rotatable bonds is 7. The first kappa shape index (κ1) is 21.2. The van der Waals surface area contributed by atoms with Crippen LogP contribution >= 0.6 is 11.8 Å². The minimum Gasteiger partial charge on any atom is -0.349 e. The zero-order valence-corrected chi connectivity index (χ0v) is 17.8. The number of piperidine rings is 1. The third kappa shape index (κ3) is 5.98. The highest BCUT2D eigenvalue weighted by atomic mass is 32.2. The van der Waals surface area contributed by atoms with Gasteiger partial charge in [0, 0.05) is 30.3 Å². The third-order valence-corrected chi connectivity index (χ3v) is 7.20. The highest BCUT2D eigenvalue weighted by molar-refractivity contribution is 8.00. The standard InChI is InChI=1S/C22H33N3O2S/c1-18(26)24-19-8-10-20(11-9-19)28-16-21(27)23-17-22(12-4-2-5-13-22)25-14-6-3-7-15-25/h8-11H,2-7,12-17H2,1H3,(H,23,27)(H,24,26)/p+1. The zero-order valence-electron chi connectivity index (χ0n) is 17.0. The number of anilines is 1. The van der Waals surface area contributed by atoms with E-state index in [0.29, 0.717) is 5.75 Å². The van der Waals surface area contributed by atoms with E-state index in [-0.39, 0.29) is 17.4 Å². The second-order valence-electron chi connectivity index (χ2n) is 8.28. The van der Waals surface area contributed by atoms with E-state index in [1.807, 2.05) is 24.3 Å². The van der Waals surface area contributed by atoms with Gasteiger partial charge in [0.2, 0.25) is 11.8 Å². The number of benzene rings is 1. The predicted octanol–water partition coefficient (Wildman–Crippen LogP) is 2.62. The predicted molar refractivity (Wildman–Crippen MR) is 115 cm³/mol. The van der Waals surface area contributed by atoms with Gasteiger partial charge in [-0.3, -0.25) is 9.59 Å². The highest BCUT2D eigenvalue weighted by Gasteiger charge is 2.42. The Hall–Kier alpha value is -1.53. The first-order valence-electron chi connectivity index (χ1n) is 10.7. The van der Waals surface area contributed by atoms with Crippen LogP contribution in [0, 0.1) is 0 Å². The Labute approximate surface area is 173 Å². The van der Waals surface area contributed by atoms with Gasteiger partial charge >= 0.3 is 0 Å². The molecule has 2 aliphatic rings. The normalized spacial score (nSPS) is 19.8. The molecule has 5 nitrogen and oxygen atoms in total. The average molecular weight is 405 g/mol. The zero-order chi connectivity index (χ0) is 19.8. The Bertz CT molecular complexity index is 650. The maximum Gasteiger partial charge on any atom is 0.230 e. The van der Waals surface area contributed by atoms with Crippen LogP contribution in [0.15, 0.2) is 29.2 Å². The third-order valence-electron chi connectivity index (χ3n) is 6.19. The number of carbonyl (C=O) groups excluding carboxylic acids is 2. The smallest absolute Gasteiger partial charge is 0.230 e. The molecular weight excluding hydrogens is 370 g/mol. The van der Waals surface area contributed by atoms with Crippen molar-refractivity contribution in [1.82, 2.24) is 5.32 Å². The fourth-order valence-electron chi connectivity index (χ4n) is 4.70. The fraction of sp³-hybridized carbons (Fsp3) is 0.636. The van der Waals surface area contributed by atoms with Crippen molar-refractivity contribution < 1.29 is 14.5 Å². The average Bonchev–Trinajstić information content (AvgIpc) is 2.73. The molecule has 2 amide bonds. The summed E-state index contributed by atoms with van der Waals surface area (Å²) in [5.41, 5.74) is 1.05. The van der Waals surface area contributed by atoms with Gasteiger partial charge in [-0.25, -0.2) is 0 Å². The van der Waals surface area contributed by atoms with E-state index < -0.39 is 0 Å². The number of quaternary nitrogens is 1. The summed E-state index contributed by atoms with van der Waals surface area (Å²) in [6, 6.07) is 7.64. The van der Waals surface area contributed by atoms with Crippen molar-refractivity contribution in [3.05, 3.63) is 24.3 Å². The maximum atomic E-state index is 12.5. The molecule has 0 unspecified atom stereocenters. The van der Waals surface area contributed by atoms with Gasteiger partial charge in [0.05, 0.1) is 25.4 Å². The molecule has 3 rings (SSSR count). The van der Waals surface area contributed by atoms with Gasteiger partial charge in [-0.15, -0.1) is 11.8 Å². The summed E-state index contributed by atoms with van der Waals surface area (Å²) in [5, 5.41) is 6.02. The van der Waals surface area contributed by atoms with Crippen LogP contribution in [-0.2, 0) is 9.59 Å². The van der Waals surface area contributed by atoms with Crippen LogP contribution in [0.25, 0.3) is 0 Å². The summed E-state index contributed by atoms with van der Waals surface area (Å²) in [4.78, 5) is 26.4. The number of carbonyl (C=O) groups is 2. The van der Waals surface area contributed by atoms with Crippen molar-refractivity contribution in [2.24, 2.45) is 0 Å². The van der Waals surface area contributed by atoms with Gasteiger partial charge in [0.15, 0.2) is 0 Å². The van der Waals surface area contributed by atoms with Gasteiger partial charge in [0.1, 0.15) is 5.54 Å². The Kier molecular flexibility index (Phi) is 7.80. The van der Waals surface area contributed by atoms with Crippen LogP contribution in [0.1, 0.15) is 58.3 Å². The van der Waals surface area contributed by atoms with Crippen molar-refractivity contribution in [3.8, 4) is 0 Å². The second kappa shape index (κ2) is 10.3.